The molecule has 2 aliphatic rings. The van der Waals surface area contributed by atoms with Gasteiger partial charge in [-0.25, -0.2) is 0 Å². The highest BCUT2D eigenvalue weighted by Crippen LogP contribution is 2.31. The lowest BCUT2D eigenvalue weighted by Gasteiger charge is -2.27. The van der Waals surface area contributed by atoms with Gasteiger partial charge in [0.2, 0.25) is 0 Å². The third-order valence-corrected chi connectivity index (χ3v) is 4.19. The van der Waals surface area contributed by atoms with Crippen molar-refractivity contribution in [3.8, 4) is 0 Å². The van der Waals surface area contributed by atoms with E-state index in [1.165, 1.54) is 25.7 Å². The number of fused-ring (bicyclic) bond motifs is 1. The smallest absolute Gasteiger partial charge is 0.199 e. The van der Waals surface area contributed by atoms with E-state index in [9.17, 15) is 0 Å². The molecule has 0 spiro atoms. The van der Waals surface area contributed by atoms with Gasteiger partial charge >= 0.3 is 0 Å². The van der Waals surface area contributed by atoms with Crippen molar-refractivity contribution in [2.75, 3.05) is 24.5 Å². The summed E-state index contributed by atoms with van der Waals surface area (Å²) in [5.41, 5.74) is 0.711. The van der Waals surface area contributed by atoms with Gasteiger partial charge in [0.15, 0.2) is 11.5 Å². The SMILES string of the molecule is c1ncc2nnnn2c1N(CC1CC1)CC1CCCN1. The van der Waals surface area contributed by atoms with E-state index >= 15 is 0 Å². The summed E-state index contributed by atoms with van der Waals surface area (Å²) in [4.78, 5) is 6.68. The van der Waals surface area contributed by atoms with E-state index in [0.29, 0.717) is 11.7 Å². The normalized spacial score (nSPS) is 22.5. The molecule has 1 saturated carbocycles. The highest BCUT2D eigenvalue weighted by Gasteiger charge is 2.28. The lowest BCUT2D eigenvalue weighted by Crippen LogP contribution is -2.39. The number of nitrogens with zero attached hydrogens (tertiary/aromatic N) is 6. The molecule has 1 aliphatic carbocycles. The first-order valence-electron chi connectivity index (χ1n) is 7.40. The molecule has 0 aromatic carbocycles. The predicted molar refractivity (Wildman–Crippen MR) is 74.5 cm³/mol. The van der Waals surface area contributed by atoms with Gasteiger partial charge in [-0.3, -0.25) is 4.98 Å². The van der Waals surface area contributed by atoms with E-state index in [1.54, 1.807) is 10.7 Å². The molecule has 3 heterocycles. The van der Waals surface area contributed by atoms with Crippen LogP contribution in [0, 0.1) is 5.92 Å². The Morgan fingerprint density at radius 3 is 3.00 bits per heavy atom. The molecule has 2 fully saturated rings. The fraction of sp³-hybridized carbons (Fsp3) is 0.692. The topological polar surface area (TPSA) is 71.2 Å². The molecule has 4 rings (SSSR count). The molecule has 1 unspecified atom stereocenters. The van der Waals surface area contributed by atoms with Gasteiger partial charge < -0.3 is 10.2 Å². The lowest BCUT2D eigenvalue weighted by atomic mass is 10.2. The Labute approximate surface area is 117 Å². The fourth-order valence-corrected chi connectivity index (χ4v) is 2.93. The second kappa shape index (κ2) is 4.97. The maximum Gasteiger partial charge on any atom is 0.199 e. The Morgan fingerprint density at radius 2 is 2.20 bits per heavy atom. The molecular weight excluding hydrogens is 254 g/mol. The van der Waals surface area contributed by atoms with Gasteiger partial charge in [-0.2, -0.15) is 4.52 Å². The number of aromatic nitrogens is 5. The molecule has 0 amide bonds. The average molecular weight is 273 g/mol. The van der Waals surface area contributed by atoms with Crippen molar-refractivity contribution in [3.05, 3.63) is 12.4 Å². The molecule has 0 bridgehead atoms. The van der Waals surface area contributed by atoms with Crippen LogP contribution in [0.25, 0.3) is 5.65 Å². The molecule has 2 aromatic rings. The standard InChI is InChI=1S/C13H19N7/c1-2-11(15-5-1)9-19(8-10-3-4-10)13-7-14-6-12-16-17-18-20(12)13/h6-7,10-11,15H,1-5,8-9H2. The van der Waals surface area contributed by atoms with Crippen molar-refractivity contribution in [2.24, 2.45) is 5.92 Å². The van der Waals surface area contributed by atoms with Crippen molar-refractivity contribution < 1.29 is 0 Å². The van der Waals surface area contributed by atoms with Gasteiger partial charge in [0.05, 0.1) is 12.4 Å². The van der Waals surface area contributed by atoms with Crippen molar-refractivity contribution in [3.63, 3.8) is 0 Å². The van der Waals surface area contributed by atoms with Crippen LogP contribution in [0.3, 0.4) is 0 Å². The van der Waals surface area contributed by atoms with E-state index < -0.39 is 0 Å². The molecule has 20 heavy (non-hydrogen) atoms. The zero-order valence-corrected chi connectivity index (χ0v) is 11.4. The van der Waals surface area contributed by atoms with Gasteiger partial charge in [-0.05, 0) is 48.6 Å². The first-order valence-corrected chi connectivity index (χ1v) is 7.40. The maximum atomic E-state index is 4.28. The van der Waals surface area contributed by atoms with Crippen molar-refractivity contribution in [1.82, 2.24) is 30.3 Å². The van der Waals surface area contributed by atoms with E-state index in [-0.39, 0.29) is 0 Å². The zero-order valence-electron chi connectivity index (χ0n) is 11.4. The number of hydrogen-bond donors (Lipinski definition) is 1. The maximum absolute atomic E-state index is 4.28. The van der Waals surface area contributed by atoms with E-state index in [2.05, 4.69) is 30.7 Å². The number of nitrogens with one attached hydrogen (secondary N) is 1. The summed E-state index contributed by atoms with van der Waals surface area (Å²) in [7, 11) is 0. The largest absolute Gasteiger partial charge is 0.353 e. The number of rotatable bonds is 5. The summed E-state index contributed by atoms with van der Waals surface area (Å²) in [5, 5.41) is 15.4. The van der Waals surface area contributed by atoms with Crippen LogP contribution in [0.15, 0.2) is 12.4 Å². The summed E-state index contributed by atoms with van der Waals surface area (Å²) in [6, 6.07) is 0.570. The average Bonchev–Trinajstić information content (AvgIpc) is 2.93. The van der Waals surface area contributed by atoms with Crippen LogP contribution in [0.5, 0.6) is 0 Å². The zero-order chi connectivity index (χ0) is 13.4. The Hall–Kier alpha value is -1.76. The summed E-state index contributed by atoms with van der Waals surface area (Å²) in [6.07, 6.45) is 8.78. The second-order valence-corrected chi connectivity index (χ2v) is 5.86. The lowest BCUT2D eigenvalue weighted by molar-refractivity contribution is 0.562. The highest BCUT2D eigenvalue weighted by atomic mass is 15.5. The molecule has 2 aromatic heterocycles. The van der Waals surface area contributed by atoms with E-state index in [4.69, 9.17) is 0 Å². The summed E-state index contributed by atoms with van der Waals surface area (Å²) >= 11 is 0. The molecule has 1 saturated heterocycles. The summed E-state index contributed by atoms with van der Waals surface area (Å²) in [6.45, 7) is 3.23. The predicted octanol–water partition coefficient (Wildman–Crippen LogP) is 0.488. The molecule has 7 nitrogen and oxygen atoms in total. The van der Waals surface area contributed by atoms with E-state index in [0.717, 1.165) is 31.4 Å². The van der Waals surface area contributed by atoms with Gasteiger partial charge in [-0.15, -0.1) is 5.10 Å². The molecule has 1 atom stereocenters. The van der Waals surface area contributed by atoms with Crippen LogP contribution in [-0.2, 0) is 0 Å². The molecule has 7 heteroatoms. The molecular formula is C13H19N7. The second-order valence-electron chi connectivity index (χ2n) is 5.86. The van der Waals surface area contributed by atoms with Crippen molar-refractivity contribution in [2.45, 2.75) is 31.7 Å². The van der Waals surface area contributed by atoms with Gasteiger partial charge in [0, 0.05) is 19.1 Å². The van der Waals surface area contributed by atoms with Crippen molar-refractivity contribution >= 4 is 11.5 Å². The molecule has 1 N–H and O–H groups in total. The Balaban J connectivity index is 1.63. The van der Waals surface area contributed by atoms with Crippen LogP contribution in [-0.4, -0.2) is 50.7 Å². The summed E-state index contributed by atoms with van der Waals surface area (Å²) in [5.74, 6) is 1.83. The van der Waals surface area contributed by atoms with Crippen LogP contribution in [0.1, 0.15) is 25.7 Å². The quantitative estimate of drug-likeness (QED) is 0.855. The summed E-state index contributed by atoms with van der Waals surface area (Å²) < 4.78 is 1.80. The number of hydrogen-bond acceptors (Lipinski definition) is 6. The third kappa shape index (κ3) is 2.33. The monoisotopic (exact) mass is 273 g/mol. The Morgan fingerprint density at radius 1 is 1.25 bits per heavy atom. The Bertz CT molecular complexity index is 585. The van der Waals surface area contributed by atoms with Gasteiger partial charge in [-0.1, -0.05) is 0 Å². The highest BCUT2D eigenvalue weighted by molar-refractivity contribution is 5.46. The van der Waals surface area contributed by atoms with Gasteiger partial charge in [0.1, 0.15) is 0 Å². The van der Waals surface area contributed by atoms with E-state index in [1.807, 2.05) is 6.20 Å². The number of anilines is 1. The van der Waals surface area contributed by atoms with Crippen LogP contribution in [0.2, 0.25) is 0 Å². The minimum Gasteiger partial charge on any atom is -0.353 e. The van der Waals surface area contributed by atoms with Gasteiger partial charge in [0.25, 0.3) is 0 Å². The van der Waals surface area contributed by atoms with Crippen LogP contribution in [0.4, 0.5) is 5.82 Å². The minimum atomic E-state index is 0.570. The fourth-order valence-electron chi connectivity index (χ4n) is 2.93. The third-order valence-electron chi connectivity index (χ3n) is 4.19. The molecule has 0 radical (unpaired) electrons. The Kier molecular flexibility index (Phi) is 2.99. The first-order chi connectivity index (χ1) is 9.90. The molecule has 106 valence electrons. The van der Waals surface area contributed by atoms with Crippen LogP contribution >= 0.6 is 0 Å². The molecule has 1 aliphatic heterocycles. The van der Waals surface area contributed by atoms with Crippen LogP contribution < -0.4 is 10.2 Å². The van der Waals surface area contributed by atoms with Crippen molar-refractivity contribution in [1.29, 1.82) is 0 Å². The minimum absolute atomic E-state index is 0.570. The first kappa shape index (κ1) is 12.0. The number of tetrazole rings is 1.